The summed E-state index contributed by atoms with van der Waals surface area (Å²) in [5.74, 6) is 0.447. The predicted octanol–water partition coefficient (Wildman–Crippen LogP) is 3.22. The van der Waals surface area contributed by atoms with Gasteiger partial charge in [-0.05, 0) is 30.0 Å². The van der Waals surface area contributed by atoms with Crippen molar-refractivity contribution in [2.45, 2.75) is 18.8 Å². The zero-order valence-electron chi connectivity index (χ0n) is 8.53. The third kappa shape index (κ3) is 2.51. The van der Waals surface area contributed by atoms with Crippen LogP contribution in [0.5, 0.6) is 0 Å². The number of amides is 1. The molecule has 1 aliphatic rings. The Morgan fingerprint density at radius 1 is 1.33 bits per heavy atom. The topological polar surface area (TPSA) is 20.3 Å². The molecule has 80 valence electrons. The predicted molar refractivity (Wildman–Crippen MR) is 61.2 cm³/mol. The molecule has 0 aliphatic carbocycles. The third-order valence-corrected chi connectivity index (χ3v) is 3.18. The van der Waals surface area contributed by atoms with Gasteiger partial charge in [0.15, 0.2) is 0 Å². The Morgan fingerprint density at radius 2 is 2.07 bits per heavy atom. The Balaban J connectivity index is 2.08. The molecular formula is C12H14ClNO. The van der Waals surface area contributed by atoms with Crippen molar-refractivity contribution in [2.75, 3.05) is 13.1 Å². The first-order valence-electron chi connectivity index (χ1n) is 5.27. The third-order valence-electron chi connectivity index (χ3n) is 2.94. The molecule has 1 aromatic rings. The van der Waals surface area contributed by atoms with E-state index < -0.39 is 0 Å². The fraction of sp³-hybridized carbons (Fsp3) is 0.417. The molecule has 1 unspecified atom stereocenters. The average Bonchev–Trinajstić information content (AvgIpc) is 2.30. The van der Waals surface area contributed by atoms with E-state index in [0.717, 1.165) is 25.9 Å². The number of carbonyl (C=O) groups is 1. The maximum Gasteiger partial charge on any atom is 0.316 e. The molecule has 1 aliphatic heterocycles. The molecule has 1 heterocycles. The largest absolute Gasteiger partial charge is 0.329 e. The number of hydrogen-bond donors (Lipinski definition) is 0. The molecule has 0 N–H and O–H groups in total. The summed E-state index contributed by atoms with van der Waals surface area (Å²) in [6.07, 6.45) is 2.18. The minimum atomic E-state index is -0.323. The van der Waals surface area contributed by atoms with Gasteiger partial charge >= 0.3 is 5.37 Å². The van der Waals surface area contributed by atoms with Gasteiger partial charge in [-0.3, -0.25) is 4.79 Å². The second-order valence-corrected chi connectivity index (χ2v) is 4.27. The van der Waals surface area contributed by atoms with Crippen LogP contribution in [0.2, 0.25) is 0 Å². The SMILES string of the molecule is O=C(Cl)N1CCCC(c2ccccc2)C1. The van der Waals surface area contributed by atoms with E-state index in [-0.39, 0.29) is 5.37 Å². The lowest BCUT2D eigenvalue weighted by molar-refractivity contribution is 0.202. The highest BCUT2D eigenvalue weighted by Crippen LogP contribution is 2.27. The smallest absolute Gasteiger partial charge is 0.316 e. The van der Waals surface area contributed by atoms with E-state index in [1.54, 1.807) is 4.90 Å². The van der Waals surface area contributed by atoms with E-state index in [4.69, 9.17) is 11.6 Å². The van der Waals surface area contributed by atoms with Gasteiger partial charge in [0.2, 0.25) is 0 Å². The molecule has 1 fully saturated rings. The van der Waals surface area contributed by atoms with E-state index in [1.807, 2.05) is 18.2 Å². The molecule has 0 aromatic heterocycles. The van der Waals surface area contributed by atoms with Crippen molar-refractivity contribution in [3.05, 3.63) is 35.9 Å². The van der Waals surface area contributed by atoms with Crippen LogP contribution < -0.4 is 0 Å². The number of likely N-dealkylation sites (tertiary alicyclic amines) is 1. The van der Waals surface area contributed by atoms with Crippen LogP contribution in [-0.2, 0) is 0 Å². The van der Waals surface area contributed by atoms with Crippen molar-refractivity contribution < 1.29 is 4.79 Å². The lowest BCUT2D eigenvalue weighted by atomic mass is 9.91. The molecule has 0 bridgehead atoms. The van der Waals surface area contributed by atoms with Crippen LogP contribution in [0.3, 0.4) is 0 Å². The zero-order chi connectivity index (χ0) is 10.7. The van der Waals surface area contributed by atoms with Crippen molar-refractivity contribution in [3.63, 3.8) is 0 Å². The fourth-order valence-electron chi connectivity index (χ4n) is 2.13. The van der Waals surface area contributed by atoms with Crippen LogP contribution in [-0.4, -0.2) is 23.4 Å². The molecule has 0 radical (unpaired) electrons. The zero-order valence-corrected chi connectivity index (χ0v) is 9.28. The Kier molecular flexibility index (Phi) is 3.27. The first-order chi connectivity index (χ1) is 7.27. The van der Waals surface area contributed by atoms with Crippen LogP contribution in [0.1, 0.15) is 24.3 Å². The summed E-state index contributed by atoms with van der Waals surface area (Å²) in [5.41, 5.74) is 1.31. The second kappa shape index (κ2) is 4.67. The summed E-state index contributed by atoms with van der Waals surface area (Å²) in [4.78, 5) is 12.8. The van der Waals surface area contributed by atoms with Gasteiger partial charge in [0.05, 0.1) is 0 Å². The van der Waals surface area contributed by atoms with Crippen molar-refractivity contribution in [1.82, 2.24) is 4.90 Å². The molecular weight excluding hydrogens is 210 g/mol. The molecule has 0 spiro atoms. The van der Waals surface area contributed by atoms with E-state index >= 15 is 0 Å². The van der Waals surface area contributed by atoms with E-state index in [2.05, 4.69) is 12.1 Å². The lowest BCUT2D eigenvalue weighted by Crippen LogP contribution is -2.35. The standard InChI is InChI=1S/C12H14ClNO/c13-12(15)14-8-4-7-11(9-14)10-5-2-1-3-6-10/h1-3,5-6,11H,4,7-9H2. The summed E-state index contributed by atoms with van der Waals surface area (Å²) in [5, 5.41) is -0.323. The van der Waals surface area contributed by atoms with Crippen molar-refractivity contribution in [3.8, 4) is 0 Å². The molecule has 1 saturated heterocycles. The van der Waals surface area contributed by atoms with Gasteiger partial charge in [-0.1, -0.05) is 30.3 Å². The molecule has 3 heteroatoms. The van der Waals surface area contributed by atoms with Gasteiger partial charge in [-0.2, -0.15) is 0 Å². The molecule has 0 saturated carbocycles. The molecule has 1 atom stereocenters. The van der Waals surface area contributed by atoms with Crippen molar-refractivity contribution >= 4 is 17.0 Å². The van der Waals surface area contributed by atoms with Crippen molar-refractivity contribution in [1.29, 1.82) is 0 Å². The van der Waals surface area contributed by atoms with Gasteiger partial charge in [0.1, 0.15) is 0 Å². The highest BCUT2D eigenvalue weighted by Gasteiger charge is 2.23. The number of hydrogen-bond acceptors (Lipinski definition) is 1. The summed E-state index contributed by atoms with van der Waals surface area (Å²) >= 11 is 5.50. The molecule has 1 amide bonds. The maximum atomic E-state index is 11.1. The van der Waals surface area contributed by atoms with Crippen LogP contribution in [0.4, 0.5) is 4.79 Å². The van der Waals surface area contributed by atoms with Gasteiger partial charge < -0.3 is 4.90 Å². The normalized spacial score (nSPS) is 21.4. The van der Waals surface area contributed by atoms with Gasteiger partial charge in [0.25, 0.3) is 0 Å². The molecule has 2 nitrogen and oxygen atoms in total. The molecule has 15 heavy (non-hydrogen) atoms. The number of rotatable bonds is 1. The Hall–Kier alpha value is -1.02. The highest BCUT2D eigenvalue weighted by atomic mass is 35.5. The quantitative estimate of drug-likeness (QED) is 0.529. The van der Waals surface area contributed by atoms with Gasteiger partial charge in [-0.25, -0.2) is 0 Å². The lowest BCUT2D eigenvalue weighted by Gasteiger charge is -2.31. The number of nitrogens with zero attached hydrogens (tertiary/aromatic N) is 1. The van der Waals surface area contributed by atoms with E-state index in [0.29, 0.717) is 5.92 Å². The van der Waals surface area contributed by atoms with Crippen LogP contribution >= 0.6 is 11.6 Å². The number of piperidine rings is 1. The minimum absolute atomic E-state index is 0.323. The number of benzene rings is 1. The summed E-state index contributed by atoms with van der Waals surface area (Å²) < 4.78 is 0. The Bertz CT molecular complexity index is 339. The number of halogens is 1. The summed E-state index contributed by atoms with van der Waals surface area (Å²) in [6, 6.07) is 10.3. The fourth-order valence-corrected chi connectivity index (χ4v) is 2.29. The summed E-state index contributed by atoms with van der Waals surface area (Å²) in [7, 11) is 0. The molecule has 2 rings (SSSR count). The van der Waals surface area contributed by atoms with Gasteiger partial charge in [-0.15, -0.1) is 0 Å². The first kappa shape index (κ1) is 10.5. The van der Waals surface area contributed by atoms with Crippen molar-refractivity contribution in [2.24, 2.45) is 0 Å². The maximum absolute atomic E-state index is 11.1. The monoisotopic (exact) mass is 223 g/mol. The van der Waals surface area contributed by atoms with Crippen LogP contribution in [0.15, 0.2) is 30.3 Å². The number of carbonyl (C=O) groups excluding carboxylic acids is 1. The average molecular weight is 224 g/mol. The first-order valence-corrected chi connectivity index (χ1v) is 5.64. The summed E-state index contributed by atoms with van der Waals surface area (Å²) in [6.45, 7) is 1.55. The second-order valence-electron chi connectivity index (χ2n) is 3.95. The van der Waals surface area contributed by atoms with Crippen LogP contribution in [0.25, 0.3) is 0 Å². The van der Waals surface area contributed by atoms with E-state index in [9.17, 15) is 4.79 Å². The molecule has 1 aromatic carbocycles. The van der Waals surface area contributed by atoms with E-state index in [1.165, 1.54) is 5.56 Å². The Labute approximate surface area is 94.8 Å². The Morgan fingerprint density at radius 3 is 2.73 bits per heavy atom. The van der Waals surface area contributed by atoms with Crippen LogP contribution in [0, 0.1) is 0 Å². The van der Waals surface area contributed by atoms with Gasteiger partial charge in [0, 0.05) is 19.0 Å². The minimum Gasteiger partial charge on any atom is -0.329 e. The highest BCUT2D eigenvalue weighted by molar-refractivity contribution is 6.62.